The van der Waals surface area contributed by atoms with Crippen molar-refractivity contribution >= 4 is 6.29 Å². The Hall–Kier alpha value is -1.11. The van der Waals surface area contributed by atoms with Gasteiger partial charge in [-0.1, -0.05) is 52.0 Å². The number of rotatable bonds is 3. The maximum absolute atomic E-state index is 11.1. The average molecular weight is 218 g/mol. The Kier molecular flexibility index (Phi) is 3.57. The standard InChI is InChI=1S/C15H22O/c1-6-15(5,11-16)13-9-7-12(8-10-13)14(2,3)4/h7-11H,6H2,1-5H3. The van der Waals surface area contributed by atoms with Gasteiger partial charge in [0.25, 0.3) is 0 Å². The Balaban J connectivity index is 3.08. The summed E-state index contributed by atoms with van der Waals surface area (Å²) in [5.74, 6) is 0. The zero-order valence-corrected chi connectivity index (χ0v) is 11.0. The van der Waals surface area contributed by atoms with Gasteiger partial charge in [-0.3, -0.25) is 0 Å². The molecule has 0 bridgehead atoms. The van der Waals surface area contributed by atoms with Gasteiger partial charge in [-0.25, -0.2) is 0 Å². The van der Waals surface area contributed by atoms with Crippen LogP contribution in [-0.4, -0.2) is 6.29 Å². The highest BCUT2D eigenvalue weighted by Gasteiger charge is 2.24. The largest absolute Gasteiger partial charge is 0.302 e. The number of benzene rings is 1. The van der Waals surface area contributed by atoms with Gasteiger partial charge in [0.15, 0.2) is 0 Å². The van der Waals surface area contributed by atoms with Crippen molar-refractivity contribution in [1.82, 2.24) is 0 Å². The Morgan fingerprint density at radius 3 is 1.75 bits per heavy atom. The van der Waals surface area contributed by atoms with Crippen molar-refractivity contribution in [3.05, 3.63) is 35.4 Å². The van der Waals surface area contributed by atoms with E-state index in [1.807, 2.05) is 13.8 Å². The van der Waals surface area contributed by atoms with Crippen LogP contribution in [0, 0.1) is 0 Å². The van der Waals surface area contributed by atoms with E-state index in [-0.39, 0.29) is 10.8 Å². The van der Waals surface area contributed by atoms with E-state index in [0.717, 1.165) is 18.3 Å². The van der Waals surface area contributed by atoms with E-state index in [0.29, 0.717) is 0 Å². The third kappa shape index (κ3) is 2.52. The van der Waals surface area contributed by atoms with Gasteiger partial charge >= 0.3 is 0 Å². The summed E-state index contributed by atoms with van der Waals surface area (Å²) in [5.41, 5.74) is 2.25. The molecule has 0 aliphatic carbocycles. The van der Waals surface area contributed by atoms with Crippen LogP contribution in [0.2, 0.25) is 0 Å². The van der Waals surface area contributed by atoms with Crippen molar-refractivity contribution in [2.45, 2.75) is 51.9 Å². The molecular weight excluding hydrogens is 196 g/mol. The lowest BCUT2D eigenvalue weighted by Gasteiger charge is -2.24. The molecule has 0 fully saturated rings. The van der Waals surface area contributed by atoms with E-state index in [4.69, 9.17) is 0 Å². The van der Waals surface area contributed by atoms with E-state index in [1.165, 1.54) is 5.56 Å². The summed E-state index contributed by atoms with van der Waals surface area (Å²) in [5, 5.41) is 0. The van der Waals surface area contributed by atoms with Crippen molar-refractivity contribution in [2.75, 3.05) is 0 Å². The molecule has 0 spiro atoms. The predicted molar refractivity (Wildman–Crippen MR) is 68.8 cm³/mol. The van der Waals surface area contributed by atoms with E-state index in [2.05, 4.69) is 45.0 Å². The maximum atomic E-state index is 11.1. The lowest BCUT2D eigenvalue weighted by atomic mass is 9.79. The van der Waals surface area contributed by atoms with Crippen LogP contribution in [0.25, 0.3) is 0 Å². The van der Waals surface area contributed by atoms with Crippen LogP contribution in [-0.2, 0) is 15.6 Å². The van der Waals surface area contributed by atoms with Crippen LogP contribution in [0.4, 0.5) is 0 Å². The van der Waals surface area contributed by atoms with Crippen LogP contribution < -0.4 is 0 Å². The molecule has 0 amide bonds. The first-order valence-electron chi connectivity index (χ1n) is 5.91. The first kappa shape index (κ1) is 13.0. The molecule has 0 radical (unpaired) electrons. The van der Waals surface area contributed by atoms with Gasteiger partial charge in [0.05, 0.1) is 0 Å². The summed E-state index contributed by atoms with van der Waals surface area (Å²) < 4.78 is 0. The van der Waals surface area contributed by atoms with Crippen molar-refractivity contribution < 1.29 is 4.79 Å². The van der Waals surface area contributed by atoms with Gasteiger partial charge in [-0.2, -0.15) is 0 Å². The fraction of sp³-hybridized carbons (Fsp3) is 0.533. The molecule has 1 rings (SSSR count). The molecule has 0 aliphatic rings. The fourth-order valence-electron chi connectivity index (χ4n) is 1.71. The molecule has 1 unspecified atom stereocenters. The highest BCUT2D eigenvalue weighted by molar-refractivity contribution is 5.67. The van der Waals surface area contributed by atoms with Crippen molar-refractivity contribution in [3.63, 3.8) is 0 Å². The van der Waals surface area contributed by atoms with Crippen molar-refractivity contribution in [1.29, 1.82) is 0 Å². The van der Waals surface area contributed by atoms with Crippen LogP contribution in [0.15, 0.2) is 24.3 Å². The lowest BCUT2D eigenvalue weighted by Crippen LogP contribution is -2.22. The molecule has 0 aliphatic heterocycles. The molecule has 0 aromatic heterocycles. The van der Waals surface area contributed by atoms with Gasteiger partial charge < -0.3 is 4.79 Å². The van der Waals surface area contributed by atoms with Crippen LogP contribution in [0.5, 0.6) is 0 Å². The molecule has 1 aromatic carbocycles. The summed E-state index contributed by atoms with van der Waals surface area (Å²) in [4.78, 5) is 11.1. The number of aldehydes is 1. The Labute approximate surface area is 98.9 Å². The molecule has 1 nitrogen and oxygen atoms in total. The third-order valence-corrected chi connectivity index (χ3v) is 3.40. The summed E-state index contributed by atoms with van der Waals surface area (Å²) in [7, 11) is 0. The van der Waals surface area contributed by atoms with E-state index in [9.17, 15) is 4.79 Å². The molecule has 0 saturated heterocycles. The van der Waals surface area contributed by atoms with Gasteiger partial charge in [0.1, 0.15) is 6.29 Å². The van der Waals surface area contributed by atoms with Crippen LogP contribution in [0.3, 0.4) is 0 Å². The minimum Gasteiger partial charge on any atom is -0.302 e. The highest BCUT2D eigenvalue weighted by Crippen LogP contribution is 2.28. The first-order chi connectivity index (χ1) is 7.33. The minimum atomic E-state index is -0.337. The van der Waals surface area contributed by atoms with E-state index in [1.54, 1.807) is 0 Å². The zero-order valence-electron chi connectivity index (χ0n) is 11.0. The average Bonchev–Trinajstić information content (AvgIpc) is 2.27. The smallest absolute Gasteiger partial charge is 0.130 e. The number of hydrogen-bond acceptors (Lipinski definition) is 1. The first-order valence-corrected chi connectivity index (χ1v) is 5.91. The Morgan fingerprint density at radius 2 is 1.44 bits per heavy atom. The van der Waals surface area contributed by atoms with Crippen molar-refractivity contribution in [2.24, 2.45) is 0 Å². The molecule has 16 heavy (non-hydrogen) atoms. The summed E-state index contributed by atoms with van der Waals surface area (Å²) in [6.07, 6.45) is 1.89. The molecule has 1 heteroatoms. The van der Waals surface area contributed by atoms with Crippen LogP contribution >= 0.6 is 0 Å². The number of carbonyl (C=O) groups excluding carboxylic acids is 1. The molecule has 88 valence electrons. The Bertz CT molecular complexity index is 356. The summed E-state index contributed by atoms with van der Waals surface area (Å²) >= 11 is 0. The molecule has 0 saturated carbocycles. The van der Waals surface area contributed by atoms with Gasteiger partial charge in [0.2, 0.25) is 0 Å². The van der Waals surface area contributed by atoms with Crippen molar-refractivity contribution in [3.8, 4) is 0 Å². The number of hydrogen-bond donors (Lipinski definition) is 0. The van der Waals surface area contributed by atoms with Crippen LogP contribution in [0.1, 0.15) is 52.2 Å². The molecule has 1 aromatic rings. The molecule has 0 heterocycles. The Morgan fingerprint density at radius 1 is 1.00 bits per heavy atom. The van der Waals surface area contributed by atoms with E-state index < -0.39 is 0 Å². The second-order valence-corrected chi connectivity index (χ2v) is 5.72. The highest BCUT2D eigenvalue weighted by atomic mass is 16.1. The molecular formula is C15H22O. The number of carbonyl (C=O) groups is 1. The maximum Gasteiger partial charge on any atom is 0.130 e. The quantitative estimate of drug-likeness (QED) is 0.704. The summed E-state index contributed by atoms with van der Waals surface area (Å²) in [6.45, 7) is 10.6. The molecule has 1 atom stereocenters. The normalized spacial score (nSPS) is 15.6. The third-order valence-electron chi connectivity index (χ3n) is 3.40. The zero-order chi connectivity index (χ0) is 12.4. The van der Waals surface area contributed by atoms with Gasteiger partial charge in [-0.15, -0.1) is 0 Å². The lowest BCUT2D eigenvalue weighted by molar-refractivity contribution is -0.112. The monoisotopic (exact) mass is 218 g/mol. The molecule has 0 N–H and O–H groups in total. The second kappa shape index (κ2) is 4.40. The minimum absolute atomic E-state index is 0.169. The SMILES string of the molecule is CCC(C)(C=O)c1ccc(C(C)(C)C)cc1. The predicted octanol–water partition coefficient (Wildman–Crippen LogP) is 3.85. The topological polar surface area (TPSA) is 17.1 Å². The van der Waals surface area contributed by atoms with E-state index >= 15 is 0 Å². The van der Waals surface area contributed by atoms with Gasteiger partial charge in [-0.05, 0) is 29.9 Å². The fourth-order valence-corrected chi connectivity index (χ4v) is 1.71. The van der Waals surface area contributed by atoms with Gasteiger partial charge in [0, 0.05) is 5.41 Å². The summed E-state index contributed by atoms with van der Waals surface area (Å²) in [6, 6.07) is 8.43. The second-order valence-electron chi connectivity index (χ2n) is 5.72.